The summed E-state index contributed by atoms with van der Waals surface area (Å²) in [6, 6.07) is 3.80. The first-order valence-corrected chi connectivity index (χ1v) is 11.0. The van der Waals surface area contributed by atoms with E-state index in [4.69, 9.17) is 0 Å². The molecule has 29 heavy (non-hydrogen) atoms. The minimum Gasteiger partial charge on any atom is -0.356 e. The van der Waals surface area contributed by atoms with Gasteiger partial charge in [0.2, 0.25) is 11.8 Å². The van der Waals surface area contributed by atoms with Gasteiger partial charge >= 0.3 is 0 Å². The minimum atomic E-state index is -0.0952. The average molecular weight is 416 g/mol. The largest absolute Gasteiger partial charge is 0.356 e. The highest BCUT2D eigenvalue weighted by atomic mass is 32.1. The number of carbonyl (C=O) groups excluding carboxylic acids is 2. The molecule has 0 spiro atoms. The number of nitrogens with one attached hydrogen (secondary N) is 2. The molecule has 2 amide bonds. The molecule has 2 N–H and O–H groups in total. The lowest BCUT2D eigenvalue weighted by Crippen LogP contribution is -2.33. The molecule has 1 unspecified atom stereocenters. The van der Waals surface area contributed by atoms with Crippen LogP contribution < -0.4 is 10.6 Å². The van der Waals surface area contributed by atoms with Crippen LogP contribution in [0.1, 0.15) is 41.8 Å². The van der Waals surface area contributed by atoms with Crippen LogP contribution in [0, 0.1) is 12.8 Å². The SMILES string of the molecule is Cc1ncsc1CN1CCCC(C(=O)NCc2ccncc2)CCNC(=O)CC1. The Bertz CT molecular complexity index is 795. The number of rotatable bonds is 5. The number of amides is 2. The normalized spacial score (nSPS) is 19.2. The van der Waals surface area contributed by atoms with Crippen LogP contribution in [0.3, 0.4) is 0 Å². The van der Waals surface area contributed by atoms with E-state index in [1.807, 2.05) is 24.6 Å². The van der Waals surface area contributed by atoms with Crippen molar-refractivity contribution in [2.24, 2.45) is 5.92 Å². The molecule has 1 atom stereocenters. The third kappa shape index (κ3) is 6.90. The second kappa shape index (κ2) is 11.0. The third-order valence-corrected chi connectivity index (χ3v) is 6.22. The van der Waals surface area contributed by atoms with Gasteiger partial charge < -0.3 is 10.6 Å². The molecule has 1 aliphatic heterocycles. The van der Waals surface area contributed by atoms with Gasteiger partial charge in [0.15, 0.2) is 0 Å². The molecule has 2 aromatic rings. The number of thiazole rings is 1. The van der Waals surface area contributed by atoms with Gasteiger partial charge in [-0.2, -0.15) is 0 Å². The molecule has 0 radical (unpaired) electrons. The van der Waals surface area contributed by atoms with Crippen LogP contribution in [0.5, 0.6) is 0 Å². The zero-order valence-corrected chi connectivity index (χ0v) is 17.7. The molecule has 8 heteroatoms. The van der Waals surface area contributed by atoms with Crippen molar-refractivity contribution in [2.45, 2.75) is 45.7 Å². The molecule has 1 aliphatic rings. The maximum Gasteiger partial charge on any atom is 0.223 e. The highest BCUT2D eigenvalue weighted by Crippen LogP contribution is 2.18. The summed E-state index contributed by atoms with van der Waals surface area (Å²) in [4.78, 5) is 36.8. The van der Waals surface area contributed by atoms with Gasteiger partial charge in [0.1, 0.15) is 0 Å². The minimum absolute atomic E-state index is 0.0499. The summed E-state index contributed by atoms with van der Waals surface area (Å²) < 4.78 is 0. The van der Waals surface area contributed by atoms with Crippen LogP contribution in [0.25, 0.3) is 0 Å². The van der Waals surface area contributed by atoms with Crippen LogP contribution in [0.4, 0.5) is 0 Å². The smallest absolute Gasteiger partial charge is 0.223 e. The van der Waals surface area contributed by atoms with E-state index in [9.17, 15) is 9.59 Å². The van der Waals surface area contributed by atoms with E-state index < -0.39 is 0 Å². The zero-order valence-electron chi connectivity index (χ0n) is 16.9. The van der Waals surface area contributed by atoms with E-state index in [1.54, 1.807) is 23.7 Å². The van der Waals surface area contributed by atoms with Gasteiger partial charge in [-0.15, -0.1) is 11.3 Å². The van der Waals surface area contributed by atoms with Gasteiger partial charge in [-0.1, -0.05) is 0 Å². The third-order valence-electron chi connectivity index (χ3n) is 5.30. The Labute approximate surface area is 175 Å². The Kier molecular flexibility index (Phi) is 8.13. The fourth-order valence-corrected chi connectivity index (χ4v) is 4.31. The summed E-state index contributed by atoms with van der Waals surface area (Å²) in [6.45, 7) is 5.47. The number of carbonyl (C=O) groups is 2. The second-order valence-electron chi connectivity index (χ2n) is 7.44. The van der Waals surface area contributed by atoms with Crippen molar-refractivity contribution in [2.75, 3.05) is 19.6 Å². The van der Waals surface area contributed by atoms with Crippen LogP contribution in [0.15, 0.2) is 30.0 Å². The van der Waals surface area contributed by atoms with E-state index in [0.717, 1.165) is 43.7 Å². The van der Waals surface area contributed by atoms with Crippen LogP contribution in [0.2, 0.25) is 0 Å². The summed E-state index contributed by atoms with van der Waals surface area (Å²) in [5.41, 5.74) is 3.96. The predicted molar refractivity (Wildman–Crippen MR) is 113 cm³/mol. The van der Waals surface area contributed by atoms with Crippen molar-refractivity contribution in [3.05, 3.63) is 46.2 Å². The van der Waals surface area contributed by atoms with E-state index in [2.05, 4.69) is 25.5 Å². The molecule has 156 valence electrons. The summed E-state index contributed by atoms with van der Waals surface area (Å²) in [6.07, 6.45) is 6.35. The Hall–Kier alpha value is -2.32. The Morgan fingerprint density at radius 2 is 2.14 bits per heavy atom. The van der Waals surface area contributed by atoms with Crippen LogP contribution in [-0.2, 0) is 22.7 Å². The maximum absolute atomic E-state index is 12.7. The van der Waals surface area contributed by atoms with Crippen LogP contribution in [-0.4, -0.2) is 46.3 Å². The van der Waals surface area contributed by atoms with Crippen molar-refractivity contribution in [3.63, 3.8) is 0 Å². The lowest BCUT2D eigenvalue weighted by atomic mass is 9.98. The summed E-state index contributed by atoms with van der Waals surface area (Å²) in [7, 11) is 0. The second-order valence-corrected chi connectivity index (χ2v) is 8.38. The van der Waals surface area contributed by atoms with E-state index in [-0.39, 0.29) is 17.7 Å². The van der Waals surface area contributed by atoms with Crippen molar-refractivity contribution >= 4 is 23.2 Å². The number of aromatic nitrogens is 2. The highest BCUT2D eigenvalue weighted by molar-refractivity contribution is 7.09. The Morgan fingerprint density at radius 3 is 2.90 bits per heavy atom. The lowest BCUT2D eigenvalue weighted by Gasteiger charge is -2.22. The fraction of sp³-hybridized carbons (Fsp3) is 0.524. The molecule has 1 fully saturated rings. The summed E-state index contributed by atoms with van der Waals surface area (Å²) in [5.74, 6) is 0.0104. The summed E-state index contributed by atoms with van der Waals surface area (Å²) >= 11 is 1.66. The monoisotopic (exact) mass is 415 g/mol. The molecule has 7 nitrogen and oxygen atoms in total. The van der Waals surface area contributed by atoms with Crippen molar-refractivity contribution in [1.82, 2.24) is 25.5 Å². The van der Waals surface area contributed by atoms with Crippen molar-refractivity contribution in [3.8, 4) is 0 Å². The predicted octanol–water partition coefficient (Wildman–Crippen LogP) is 2.27. The van der Waals surface area contributed by atoms with Crippen molar-refractivity contribution in [1.29, 1.82) is 0 Å². The molecule has 0 aromatic carbocycles. The van der Waals surface area contributed by atoms with Gasteiger partial charge in [0.05, 0.1) is 11.2 Å². The van der Waals surface area contributed by atoms with E-state index >= 15 is 0 Å². The number of pyridine rings is 1. The van der Waals surface area contributed by atoms with E-state index in [1.165, 1.54) is 4.88 Å². The Morgan fingerprint density at radius 1 is 1.31 bits per heavy atom. The molecule has 3 rings (SSSR count). The van der Waals surface area contributed by atoms with Crippen molar-refractivity contribution < 1.29 is 9.59 Å². The highest BCUT2D eigenvalue weighted by Gasteiger charge is 2.20. The Balaban J connectivity index is 1.56. The van der Waals surface area contributed by atoms with Gasteiger partial charge in [0.25, 0.3) is 0 Å². The molecule has 1 saturated heterocycles. The van der Waals surface area contributed by atoms with Gasteiger partial charge in [0, 0.05) is 55.8 Å². The molecule has 0 bridgehead atoms. The lowest BCUT2D eigenvalue weighted by molar-refractivity contribution is -0.126. The van der Waals surface area contributed by atoms with Gasteiger partial charge in [-0.3, -0.25) is 19.5 Å². The summed E-state index contributed by atoms with van der Waals surface area (Å²) in [5, 5.41) is 6.00. The number of nitrogens with zero attached hydrogens (tertiary/aromatic N) is 3. The molecule has 0 saturated carbocycles. The fourth-order valence-electron chi connectivity index (χ4n) is 3.49. The molecule has 0 aliphatic carbocycles. The van der Waals surface area contributed by atoms with Gasteiger partial charge in [-0.05, 0) is 50.4 Å². The first kappa shape index (κ1) is 21.4. The first-order chi connectivity index (χ1) is 14.1. The van der Waals surface area contributed by atoms with Crippen LogP contribution >= 0.6 is 11.3 Å². The number of hydrogen-bond donors (Lipinski definition) is 2. The molecular formula is C21H29N5O2S. The first-order valence-electron chi connectivity index (χ1n) is 10.2. The number of aryl methyl sites for hydroxylation is 1. The van der Waals surface area contributed by atoms with Gasteiger partial charge in [-0.25, -0.2) is 4.98 Å². The molecular weight excluding hydrogens is 386 g/mol. The maximum atomic E-state index is 12.7. The standard InChI is InChI=1S/C21H29N5O2S/c1-16-19(29-15-25-16)14-26-11-2-3-18(6-10-23-20(27)7-12-26)21(28)24-13-17-4-8-22-9-5-17/h4-5,8-9,15,18H,2-3,6-7,10-14H2,1H3,(H,23,27)(H,24,28). The topological polar surface area (TPSA) is 87.2 Å². The molecule has 2 aromatic heterocycles. The van der Waals surface area contributed by atoms with E-state index in [0.29, 0.717) is 25.9 Å². The zero-order chi connectivity index (χ0) is 20.5. The average Bonchev–Trinajstić information content (AvgIpc) is 3.12. The molecule has 3 heterocycles. The quantitative estimate of drug-likeness (QED) is 0.782. The number of hydrogen-bond acceptors (Lipinski definition) is 6.